The predicted octanol–water partition coefficient (Wildman–Crippen LogP) is 2.74. The van der Waals surface area contributed by atoms with Crippen LogP contribution in [0.3, 0.4) is 0 Å². The van der Waals surface area contributed by atoms with Gasteiger partial charge in [0.05, 0.1) is 13.2 Å². The molecule has 1 amide bonds. The summed E-state index contributed by atoms with van der Waals surface area (Å²) >= 11 is 3.49. The fourth-order valence-corrected chi connectivity index (χ4v) is 3.16. The van der Waals surface area contributed by atoms with Crippen molar-refractivity contribution in [1.82, 2.24) is 10.2 Å². The minimum Gasteiger partial charge on any atom is -0.378 e. The van der Waals surface area contributed by atoms with Gasteiger partial charge in [-0.3, -0.25) is 4.79 Å². The van der Waals surface area contributed by atoms with Gasteiger partial charge in [-0.1, -0.05) is 28.1 Å². The number of carbonyl (C=O) groups is 1. The minimum atomic E-state index is 0. The van der Waals surface area contributed by atoms with Gasteiger partial charge in [-0.05, 0) is 30.5 Å². The van der Waals surface area contributed by atoms with Gasteiger partial charge >= 0.3 is 0 Å². The summed E-state index contributed by atoms with van der Waals surface area (Å²) in [4.78, 5) is 14.6. The SMILES string of the molecule is Cl.O=C(CC1COCCN1)N(Cc1cccc(Br)c1)C1CC1. The Hall–Kier alpha value is -0.620. The molecule has 1 aliphatic heterocycles. The fourth-order valence-electron chi connectivity index (χ4n) is 2.72. The van der Waals surface area contributed by atoms with Crippen LogP contribution < -0.4 is 5.32 Å². The lowest BCUT2D eigenvalue weighted by atomic mass is 10.1. The molecule has 122 valence electrons. The number of amides is 1. The second-order valence-corrected chi connectivity index (χ2v) is 6.73. The first-order valence-electron chi connectivity index (χ1n) is 7.57. The van der Waals surface area contributed by atoms with Gasteiger partial charge in [0.15, 0.2) is 0 Å². The molecule has 0 aromatic heterocycles. The van der Waals surface area contributed by atoms with E-state index in [0.717, 1.165) is 30.5 Å². The topological polar surface area (TPSA) is 41.6 Å². The zero-order valence-corrected chi connectivity index (χ0v) is 14.9. The van der Waals surface area contributed by atoms with Crippen LogP contribution in [0.2, 0.25) is 0 Å². The van der Waals surface area contributed by atoms with Crippen LogP contribution in [0.5, 0.6) is 0 Å². The highest BCUT2D eigenvalue weighted by atomic mass is 79.9. The van der Waals surface area contributed by atoms with E-state index >= 15 is 0 Å². The molecule has 22 heavy (non-hydrogen) atoms. The quantitative estimate of drug-likeness (QED) is 0.842. The van der Waals surface area contributed by atoms with Crippen molar-refractivity contribution in [2.24, 2.45) is 0 Å². The largest absolute Gasteiger partial charge is 0.378 e. The van der Waals surface area contributed by atoms with Gasteiger partial charge in [0.1, 0.15) is 0 Å². The number of hydrogen-bond acceptors (Lipinski definition) is 3. The molecule has 1 N–H and O–H groups in total. The maximum Gasteiger partial charge on any atom is 0.224 e. The zero-order valence-electron chi connectivity index (χ0n) is 12.5. The van der Waals surface area contributed by atoms with E-state index in [1.165, 1.54) is 5.56 Å². The number of nitrogens with zero attached hydrogens (tertiary/aromatic N) is 1. The summed E-state index contributed by atoms with van der Waals surface area (Å²) in [6, 6.07) is 8.79. The molecule has 3 rings (SSSR count). The van der Waals surface area contributed by atoms with E-state index in [9.17, 15) is 4.79 Å². The number of rotatable bonds is 5. The molecule has 0 radical (unpaired) electrons. The van der Waals surface area contributed by atoms with Crippen molar-refractivity contribution in [3.05, 3.63) is 34.3 Å². The van der Waals surface area contributed by atoms with E-state index in [0.29, 0.717) is 25.6 Å². The molecule has 2 fully saturated rings. The smallest absolute Gasteiger partial charge is 0.224 e. The van der Waals surface area contributed by atoms with Crippen LogP contribution in [0, 0.1) is 0 Å². The van der Waals surface area contributed by atoms with Crippen molar-refractivity contribution in [1.29, 1.82) is 0 Å². The van der Waals surface area contributed by atoms with E-state index in [1.54, 1.807) is 0 Å². The average Bonchev–Trinajstić information content (AvgIpc) is 3.30. The summed E-state index contributed by atoms with van der Waals surface area (Å²) in [5.41, 5.74) is 1.18. The molecule has 0 bridgehead atoms. The van der Waals surface area contributed by atoms with Gasteiger partial charge in [0, 0.05) is 36.1 Å². The fraction of sp³-hybridized carbons (Fsp3) is 0.562. The van der Waals surface area contributed by atoms with Crippen LogP contribution in [-0.4, -0.2) is 42.6 Å². The predicted molar refractivity (Wildman–Crippen MR) is 92.2 cm³/mol. The molecule has 1 saturated heterocycles. The Morgan fingerprint density at radius 1 is 1.41 bits per heavy atom. The van der Waals surface area contributed by atoms with Gasteiger partial charge in [-0.2, -0.15) is 0 Å². The summed E-state index contributed by atoms with van der Waals surface area (Å²) in [6.07, 6.45) is 2.80. The van der Waals surface area contributed by atoms with Gasteiger partial charge in [0.2, 0.25) is 5.91 Å². The van der Waals surface area contributed by atoms with E-state index in [-0.39, 0.29) is 24.4 Å². The Kier molecular flexibility index (Phi) is 6.68. The molecule has 1 aromatic rings. The maximum absolute atomic E-state index is 12.6. The maximum atomic E-state index is 12.6. The molecule has 1 heterocycles. The van der Waals surface area contributed by atoms with Crippen LogP contribution in [0.4, 0.5) is 0 Å². The molecular weight excluding hydrogens is 368 g/mol. The van der Waals surface area contributed by atoms with Gasteiger partial charge in [-0.25, -0.2) is 0 Å². The Morgan fingerprint density at radius 3 is 2.86 bits per heavy atom. The van der Waals surface area contributed by atoms with Gasteiger partial charge in [0.25, 0.3) is 0 Å². The highest BCUT2D eigenvalue weighted by molar-refractivity contribution is 9.10. The first-order chi connectivity index (χ1) is 10.2. The summed E-state index contributed by atoms with van der Waals surface area (Å²) < 4.78 is 6.49. The molecule has 6 heteroatoms. The lowest BCUT2D eigenvalue weighted by Crippen LogP contribution is -2.45. The van der Waals surface area contributed by atoms with Gasteiger partial charge in [-0.15, -0.1) is 12.4 Å². The molecule has 1 aliphatic carbocycles. The van der Waals surface area contributed by atoms with E-state index in [2.05, 4.69) is 33.4 Å². The lowest BCUT2D eigenvalue weighted by molar-refractivity contribution is -0.133. The number of halogens is 2. The monoisotopic (exact) mass is 388 g/mol. The summed E-state index contributed by atoms with van der Waals surface area (Å²) in [5.74, 6) is 0.237. The number of carbonyl (C=O) groups excluding carboxylic acids is 1. The molecule has 4 nitrogen and oxygen atoms in total. The lowest BCUT2D eigenvalue weighted by Gasteiger charge is -2.28. The van der Waals surface area contributed by atoms with E-state index < -0.39 is 0 Å². The molecule has 1 unspecified atom stereocenters. The molecule has 1 saturated carbocycles. The molecular formula is C16H22BrClN2O2. The second kappa shape index (κ2) is 8.29. The Bertz CT molecular complexity index is 505. The van der Waals surface area contributed by atoms with Crippen molar-refractivity contribution < 1.29 is 9.53 Å². The molecule has 1 atom stereocenters. The first kappa shape index (κ1) is 17.7. The third-order valence-electron chi connectivity index (χ3n) is 3.97. The second-order valence-electron chi connectivity index (χ2n) is 5.81. The van der Waals surface area contributed by atoms with Crippen molar-refractivity contribution in [3.63, 3.8) is 0 Å². The number of benzene rings is 1. The van der Waals surface area contributed by atoms with E-state index in [1.807, 2.05) is 17.0 Å². The normalized spacial score (nSPS) is 21.0. The number of morpholine rings is 1. The molecule has 0 spiro atoms. The third kappa shape index (κ3) is 4.95. The van der Waals surface area contributed by atoms with Crippen LogP contribution >= 0.6 is 28.3 Å². The number of nitrogens with one attached hydrogen (secondary N) is 1. The van der Waals surface area contributed by atoms with Crippen molar-refractivity contribution in [3.8, 4) is 0 Å². The third-order valence-corrected chi connectivity index (χ3v) is 4.46. The van der Waals surface area contributed by atoms with Crippen LogP contribution in [-0.2, 0) is 16.1 Å². The standard InChI is InChI=1S/C16H21BrN2O2.ClH/c17-13-3-1-2-12(8-13)10-19(15-4-5-15)16(20)9-14-11-21-7-6-18-14;/h1-3,8,14-15,18H,4-7,9-11H2;1H. The van der Waals surface area contributed by atoms with Gasteiger partial charge < -0.3 is 15.0 Å². The minimum absolute atomic E-state index is 0. The molecule has 1 aromatic carbocycles. The molecule has 2 aliphatic rings. The average molecular weight is 390 g/mol. The van der Waals surface area contributed by atoms with Crippen LogP contribution in [0.25, 0.3) is 0 Å². The Balaban J connectivity index is 0.00000176. The van der Waals surface area contributed by atoms with Crippen molar-refractivity contribution in [2.75, 3.05) is 19.8 Å². The van der Waals surface area contributed by atoms with Crippen molar-refractivity contribution in [2.45, 2.75) is 37.9 Å². The summed E-state index contributed by atoms with van der Waals surface area (Å²) in [6.45, 7) is 2.93. The Labute approximate surface area is 146 Å². The van der Waals surface area contributed by atoms with Crippen molar-refractivity contribution >= 4 is 34.2 Å². The summed E-state index contributed by atoms with van der Waals surface area (Å²) in [7, 11) is 0. The van der Waals surface area contributed by atoms with Crippen LogP contribution in [0.1, 0.15) is 24.8 Å². The summed E-state index contributed by atoms with van der Waals surface area (Å²) in [5, 5.41) is 3.36. The Morgan fingerprint density at radius 2 is 2.23 bits per heavy atom. The number of ether oxygens (including phenoxy) is 1. The first-order valence-corrected chi connectivity index (χ1v) is 8.37. The number of hydrogen-bond donors (Lipinski definition) is 1. The van der Waals surface area contributed by atoms with Crippen LogP contribution in [0.15, 0.2) is 28.7 Å². The van der Waals surface area contributed by atoms with E-state index in [4.69, 9.17) is 4.74 Å². The zero-order chi connectivity index (χ0) is 14.7. The highest BCUT2D eigenvalue weighted by Crippen LogP contribution is 2.29. The highest BCUT2D eigenvalue weighted by Gasteiger charge is 2.33.